The summed E-state index contributed by atoms with van der Waals surface area (Å²) in [4.78, 5) is 22.7. The predicted octanol–water partition coefficient (Wildman–Crippen LogP) is 1.83. The van der Waals surface area contributed by atoms with Gasteiger partial charge in [0.15, 0.2) is 0 Å². The molecule has 0 unspecified atom stereocenters. The maximum atomic E-state index is 11.4. The molecule has 0 spiro atoms. The maximum Gasteiger partial charge on any atom is 0.201 e. The molecular formula is C10H16O2. The Bertz CT molecular complexity index is 206. The van der Waals surface area contributed by atoms with Crippen LogP contribution >= 0.6 is 0 Å². The number of hydrogen-bond donors (Lipinski definition) is 0. The van der Waals surface area contributed by atoms with E-state index in [1.165, 1.54) is 0 Å². The zero-order valence-corrected chi connectivity index (χ0v) is 7.96. The molecule has 0 radical (unpaired) electrons. The second kappa shape index (κ2) is 3.38. The maximum absolute atomic E-state index is 11.4. The summed E-state index contributed by atoms with van der Waals surface area (Å²) in [7, 11) is 0. The Kier molecular flexibility index (Phi) is 2.65. The first kappa shape index (κ1) is 9.43. The van der Waals surface area contributed by atoms with E-state index in [0.29, 0.717) is 5.92 Å². The molecule has 0 heterocycles. The van der Waals surface area contributed by atoms with E-state index in [-0.39, 0.29) is 23.4 Å². The molecule has 0 amide bonds. The van der Waals surface area contributed by atoms with Gasteiger partial charge in [0.1, 0.15) is 0 Å². The predicted molar refractivity (Wildman–Crippen MR) is 46.7 cm³/mol. The van der Waals surface area contributed by atoms with Crippen molar-refractivity contribution < 1.29 is 9.59 Å². The van der Waals surface area contributed by atoms with Gasteiger partial charge < -0.3 is 0 Å². The minimum atomic E-state index is -0.153. The molecule has 0 aliphatic heterocycles. The lowest BCUT2D eigenvalue weighted by molar-refractivity contribution is -0.144. The minimum absolute atomic E-state index is 0.00583. The monoisotopic (exact) mass is 168 g/mol. The summed E-state index contributed by atoms with van der Waals surface area (Å²) < 4.78 is 0. The van der Waals surface area contributed by atoms with Crippen molar-refractivity contribution in [1.29, 1.82) is 0 Å². The fourth-order valence-corrected chi connectivity index (χ4v) is 1.75. The molecule has 1 aliphatic rings. The Balaban J connectivity index is 2.72. The van der Waals surface area contributed by atoms with Crippen molar-refractivity contribution in [2.75, 3.05) is 0 Å². The van der Waals surface area contributed by atoms with Gasteiger partial charge in [-0.3, -0.25) is 9.59 Å². The molecule has 0 N–H and O–H groups in total. The molecule has 1 aliphatic carbocycles. The first-order valence-corrected chi connectivity index (χ1v) is 4.62. The van der Waals surface area contributed by atoms with E-state index in [9.17, 15) is 9.59 Å². The van der Waals surface area contributed by atoms with Crippen molar-refractivity contribution in [3.8, 4) is 0 Å². The van der Waals surface area contributed by atoms with Crippen molar-refractivity contribution >= 4 is 11.6 Å². The van der Waals surface area contributed by atoms with Gasteiger partial charge in [-0.2, -0.15) is 0 Å². The normalized spacial score (nSPS) is 31.3. The standard InChI is InChI=1S/C10H16O2/c1-6(2)8-5-4-7(3)9(11)10(8)12/h6-8H,4-5H2,1-3H3/t7-,8+/m1/s1. The minimum Gasteiger partial charge on any atom is -0.291 e. The SMILES string of the molecule is CC(C)[C@@H]1CC[C@@H](C)C(=O)C1=O. The van der Waals surface area contributed by atoms with Gasteiger partial charge >= 0.3 is 0 Å². The van der Waals surface area contributed by atoms with E-state index >= 15 is 0 Å². The van der Waals surface area contributed by atoms with Crippen LogP contribution in [0.25, 0.3) is 0 Å². The van der Waals surface area contributed by atoms with Crippen molar-refractivity contribution in [3.63, 3.8) is 0 Å². The smallest absolute Gasteiger partial charge is 0.201 e. The molecule has 0 saturated heterocycles. The first-order chi connectivity index (χ1) is 5.54. The van der Waals surface area contributed by atoms with Crippen molar-refractivity contribution in [2.24, 2.45) is 17.8 Å². The van der Waals surface area contributed by atoms with Gasteiger partial charge in [0.2, 0.25) is 11.6 Å². The third kappa shape index (κ3) is 1.57. The highest BCUT2D eigenvalue weighted by Gasteiger charge is 2.35. The lowest BCUT2D eigenvalue weighted by Crippen LogP contribution is -2.36. The molecule has 2 atom stereocenters. The van der Waals surface area contributed by atoms with Crippen LogP contribution in [0, 0.1) is 17.8 Å². The topological polar surface area (TPSA) is 34.1 Å². The zero-order chi connectivity index (χ0) is 9.30. The van der Waals surface area contributed by atoms with Crippen LogP contribution in [0.15, 0.2) is 0 Å². The molecule has 68 valence electrons. The zero-order valence-electron chi connectivity index (χ0n) is 7.96. The second-order valence-corrected chi connectivity index (χ2v) is 4.06. The highest BCUT2D eigenvalue weighted by atomic mass is 16.2. The summed E-state index contributed by atoms with van der Waals surface area (Å²) in [5, 5.41) is 0. The Hall–Kier alpha value is -0.660. The number of carbonyl (C=O) groups is 2. The molecular weight excluding hydrogens is 152 g/mol. The summed E-state index contributed by atoms with van der Waals surface area (Å²) in [6.07, 6.45) is 1.77. The Morgan fingerprint density at radius 2 is 1.75 bits per heavy atom. The number of Topliss-reactive ketones (excluding diaryl/α,β-unsaturated/α-hetero) is 2. The van der Waals surface area contributed by atoms with E-state index in [1.807, 2.05) is 20.8 Å². The largest absolute Gasteiger partial charge is 0.291 e. The van der Waals surface area contributed by atoms with Gasteiger partial charge in [0.25, 0.3) is 0 Å². The number of hydrogen-bond acceptors (Lipinski definition) is 2. The number of rotatable bonds is 1. The Morgan fingerprint density at radius 1 is 1.17 bits per heavy atom. The fraction of sp³-hybridized carbons (Fsp3) is 0.800. The lowest BCUT2D eigenvalue weighted by atomic mass is 9.76. The summed E-state index contributed by atoms with van der Waals surface area (Å²) in [5.41, 5.74) is 0. The molecule has 1 rings (SSSR count). The second-order valence-electron chi connectivity index (χ2n) is 4.06. The molecule has 0 aromatic rings. The molecule has 0 aromatic heterocycles. The Morgan fingerprint density at radius 3 is 2.25 bits per heavy atom. The molecule has 0 aromatic carbocycles. The van der Waals surface area contributed by atoms with Crippen molar-refractivity contribution in [2.45, 2.75) is 33.6 Å². The van der Waals surface area contributed by atoms with Crippen LogP contribution in [0.3, 0.4) is 0 Å². The van der Waals surface area contributed by atoms with Crippen molar-refractivity contribution in [3.05, 3.63) is 0 Å². The van der Waals surface area contributed by atoms with Crippen LogP contribution in [-0.4, -0.2) is 11.6 Å². The third-order valence-corrected chi connectivity index (χ3v) is 2.74. The highest BCUT2D eigenvalue weighted by molar-refractivity contribution is 6.39. The van der Waals surface area contributed by atoms with Crippen LogP contribution in [0.2, 0.25) is 0 Å². The summed E-state index contributed by atoms with van der Waals surface area (Å²) in [6, 6.07) is 0. The van der Waals surface area contributed by atoms with Gasteiger partial charge in [-0.15, -0.1) is 0 Å². The van der Waals surface area contributed by atoms with Gasteiger partial charge in [-0.1, -0.05) is 20.8 Å². The quantitative estimate of drug-likeness (QED) is 0.560. The van der Waals surface area contributed by atoms with Crippen LogP contribution < -0.4 is 0 Å². The first-order valence-electron chi connectivity index (χ1n) is 4.62. The molecule has 0 bridgehead atoms. The number of carbonyl (C=O) groups excluding carboxylic acids is 2. The van der Waals surface area contributed by atoms with Gasteiger partial charge in [-0.25, -0.2) is 0 Å². The average molecular weight is 168 g/mol. The van der Waals surface area contributed by atoms with Crippen LogP contribution in [-0.2, 0) is 9.59 Å². The van der Waals surface area contributed by atoms with E-state index in [1.54, 1.807) is 0 Å². The van der Waals surface area contributed by atoms with Crippen LogP contribution in [0.4, 0.5) is 0 Å². The van der Waals surface area contributed by atoms with Gasteiger partial charge in [0, 0.05) is 11.8 Å². The molecule has 2 nitrogen and oxygen atoms in total. The highest BCUT2D eigenvalue weighted by Crippen LogP contribution is 2.27. The molecule has 12 heavy (non-hydrogen) atoms. The van der Waals surface area contributed by atoms with Gasteiger partial charge in [0.05, 0.1) is 0 Å². The average Bonchev–Trinajstić information content (AvgIpc) is 2.00. The number of ketones is 2. The summed E-state index contributed by atoms with van der Waals surface area (Å²) in [5.74, 6) is -0.0150. The van der Waals surface area contributed by atoms with E-state index in [4.69, 9.17) is 0 Å². The molecule has 1 fully saturated rings. The molecule has 2 heteroatoms. The third-order valence-electron chi connectivity index (χ3n) is 2.74. The molecule has 1 saturated carbocycles. The van der Waals surface area contributed by atoms with Crippen LogP contribution in [0.1, 0.15) is 33.6 Å². The van der Waals surface area contributed by atoms with E-state index in [0.717, 1.165) is 12.8 Å². The van der Waals surface area contributed by atoms with Gasteiger partial charge in [-0.05, 0) is 18.8 Å². The lowest BCUT2D eigenvalue weighted by Gasteiger charge is -2.26. The summed E-state index contributed by atoms with van der Waals surface area (Å²) in [6.45, 7) is 5.86. The van der Waals surface area contributed by atoms with E-state index < -0.39 is 0 Å². The summed E-state index contributed by atoms with van der Waals surface area (Å²) >= 11 is 0. The van der Waals surface area contributed by atoms with E-state index in [2.05, 4.69) is 0 Å². The Labute approximate surface area is 73.3 Å². The van der Waals surface area contributed by atoms with Crippen molar-refractivity contribution in [1.82, 2.24) is 0 Å². The van der Waals surface area contributed by atoms with Crippen LogP contribution in [0.5, 0.6) is 0 Å². The fourth-order valence-electron chi connectivity index (χ4n) is 1.75.